The van der Waals surface area contributed by atoms with Crippen LogP contribution in [-0.2, 0) is 6.54 Å². The lowest BCUT2D eigenvalue weighted by atomic mass is 9.67. The number of hydrogen-bond acceptors (Lipinski definition) is 4. The quantitative estimate of drug-likeness (QED) is 0.840. The molecular weight excluding hydrogens is 310 g/mol. The molecule has 2 aliphatic carbocycles. The summed E-state index contributed by atoms with van der Waals surface area (Å²) in [5.41, 5.74) is 0.693. The molecule has 0 saturated carbocycles. The van der Waals surface area contributed by atoms with E-state index in [1.165, 1.54) is 10.8 Å². The Hall–Kier alpha value is -2.50. The van der Waals surface area contributed by atoms with E-state index in [-0.39, 0.29) is 17.0 Å². The molecule has 0 amide bonds. The number of carbonyl (C=O) groups is 3. The number of carbonyl (C=O) groups excluding carboxylic acids is 2. The first-order valence-corrected chi connectivity index (χ1v) is 8.02. The lowest BCUT2D eigenvalue weighted by molar-refractivity contribution is 0.0685. The number of aromatic carboxylic acids is 1. The van der Waals surface area contributed by atoms with E-state index in [0.717, 1.165) is 11.1 Å². The highest BCUT2D eigenvalue weighted by atomic mass is 16.4. The van der Waals surface area contributed by atoms with E-state index in [4.69, 9.17) is 0 Å². The van der Waals surface area contributed by atoms with Crippen LogP contribution in [0.15, 0.2) is 22.1 Å². The number of aryl methyl sites for hydroxylation is 1. The Morgan fingerprint density at radius 3 is 2.17 bits per heavy atom. The van der Waals surface area contributed by atoms with E-state index in [1.807, 2.05) is 13.8 Å². The van der Waals surface area contributed by atoms with Gasteiger partial charge < -0.3 is 9.67 Å². The fourth-order valence-electron chi connectivity index (χ4n) is 3.76. The first-order chi connectivity index (χ1) is 11.3. The average molecular weight is 329 g/mol. The second-order valence-corrected chi connectivity index (χ2v) is 6.60. The normalized spacial score (nSPS) is 23.1. The Bertz CT molecular complexity index is 874. The number of pyridine rings is 1. The van der Waals surface area contributed by atoms with Gasteiger partial charge in [-0.05, 0) is 33.6 Å². The number of Topliss-reactive ketones (excluding diaryl/α,β-unsaturated/α-hetero) is 2. The molecule has 0 fully saturated rings. The standard InChI is InChI=1S/C18H19NO5/c1-4-19-7-12(18(23)24)16(21)13-14(19)17(22)11-6-9(3)8(2)5-10(11)15(13)20/h7,10-11H,4-6H2,1-3H3,(H,23,24). The molecule has 1 heterocycles. The molecule has 0 aromatic carbocycles. The highest BCUT2D eigenvalue weighted by molar-refractivity contribution is 6.16. The van der Waals surface area contributed by atoms with E-state index in [0.29, 0.717) is 19.4 Å². The highest BCUT2D eigenvalue weighted by Crippen LogP contribution is 2.41. The van der Waals surface area contributed by atoms with E-state index >= 15 is 0 Å². The molecule has 0 radical (unpaired) electrons. The van der Waals surface area contributed by atoms with Crippen molar-refractivity contribution in [2.75, 3.05) is 0 Å². The number of fused-ring (bicyclic) bond motifs is 2. The number of allylic oxidation sites excluding steroid dienone is 2. The third-order valence-electron chi connectivity index (χ3n) is 5.27. The molecule has 0 saturated heterocycles. The first-order valence-electron chi connectivity index (χ1n) is 8.02. The van der Waals surface area contributed by atoms with Crippen molar-refractivity contribution in [3.05, 3.63) is 44.4 Å². The molecule has 24 heavy (non-hydrogen) atoms. The Balaban J connectivity index is 2.29. The SMILES string of the molecule is CCn1cc(C(=O)O)c(=O)c2c1C(=O)C1CC(C)=C(C)CC1C2=O. The van der Waals surface area contributed by atoms with Crippen molar-refractivity contribution in [2.45, 2.75) is 40.2 Å². The van der Waals surface area contributed by atoms with Gasteiger partial charge in [0.1, 0.15) is 5.56 Å². The molecule has 1 N–H and O–H groups in total. The summed E-state index contributed by atoms with van der Waals surface area (Å²) >= 11 is 0. The Morgan fingerprint density at radius 2 is 1.67 bits per heavy atom. The van der Waals surface area contributed by atoms with Crippen LogP contribution in [0.25, 0.3) is 0 Å². The van der Waals surface area contributed by atoms with Crippen LogP contribution in [0, 0.1) is 11.8 Å². The zero-order chi connectivity index (χ0) is 17.8. The minimum atomic E-state index is -1.39. The number of hydrogen-bond donors (Lipinski definition) is 1. The second-order valence-electron chi connectivity index (χ2n) is 6.60. The van der Waals surface area contributed by atoms with Crippen molar-refractivity contribution in [3.63, 3.8) is 0 Å². The molecule has 6 nitrogen and oxygen atoms in total. The molecule has 2 unspecified atom stereocenters. The van der Waals surface area contributed by atoms with Gasteiger partial charge in [-0.25, -0.2) is 4.79 Å². The fourth-order valence-corrected chi connectivity index (χ4v) is 3.76. The van der Waals surface area contributed by atoms with Crippen LogP contribution in [0.3, 0.4) is 0 Å². The van der Waals surface area contributed by atoms with Crippen molar-refractivity contribution in [1.29, 1.82) is 0 Å². The maximum Gasteiger partial charge on any atom is 0.341 e. The molecule has 6 heteroatoms. The van der Waals surface area contributed by atoms with Gasteiger partial charge in [0.15, 0.2) is 11.6 Å². The smallest absolute Gasteiger partial charge is 0.341 e. The highest BCUT2D eigenvalue weighted by Gasteiger charge is 2.46. The van der Waals surface area contributed by atoms with Crippen molar-refractivity contribution in [1.82, 2.24) is 4.57 Å². The Morgan fingerprint density at radius 1 is 1.12 bits per heavy atom. The van der Waals surface area contributed by atoms with Gasteiger partial charge in [0, 0.05) is 24.6 Å². The molecule has 0 spiro atoms. The van der Waals surface area contributed by atoms with E-state index in [2.05, 4.69) is 0 Å². The summed E-state index contributed by atoms with van der Waals surface area (Å²) in [6, 6.07) is 0. The topological polar surface area (TPSA) is 93.4 Å². The largest absolute Gasteiger partial charge is 0.477 e. The van der Waals surface area contributed by atoms with Crippen LogP contribution >= 0.6 is 0 Å². The van der Waals surface area contributed by atoms with E-state index < -0.39 is 34.6 Å². The van der Waals surface area contributed by atoms with Gasteiger partial charge in [-0.1, -0.05) is 11.1 Å². The summed E-state index contributed by atoms with van der Waals surface area (Å²) in [6.45, 7) is 5.94. The van der Waals surface area contributed by atoms with Gasteiger partial charge in [0.2, 0.25) is 5.43 Å². The van der Waals surface area contributed by atoms with Gasteiger partial charge in [-0.15, -0.1) is 0 Å². The van der Waals surface area contributed by atoms with Crippen LogP contribution in [-0.4, -0.2) is 27.2 Å². The lowest BCUT2D eigenvalue weighted by Gasteiger charge is -2.36. The minimum absolute atomic E-state index is 0.0751. The van der Waals surface area contributed by atoms with Crippen molar-refractivity contribution in [3.8, 4) is 0 Å². The first kappa shape index (κ1) is 16.4. The third kappa shape index (κ3) is 2.17. The molecule has 1 aromatic heterocycles. The number of carboxylic acid groups (broad SMARTS) is 1. The summed E-state index contributed by atoms with van der Waals surface area (Å²) in [6.07, 6.45) is 2.13. The molecule has 3 rings (SSSR count). The minimum Gasteiger partial charge on any atom is -0.477 e. The van der Waals surface area contributed by atoms with Crippen molar-refractivity contribution < 1.29 is 19.5 Å². The third-order valence-corrected chi connectivity index (χ3v) is 5.27. The Kier molecular flexibility index (Phi) is 3.78. The molecule has 2 atom stereocenters. The zero-order valence-corrected chi connectivity index (χ0v) is 13.9. The number of rotatable bonds is 2. The van der Waals surface area contributed by atoms with Gasteiger partial charge in [-0.2, -0.15) is 0 Å². The predicted molar refractivity (Wildman–Crippen MR) is 86.6 cm³/mol. The second kappa shape index (κ2) is 5.54. The predicted octanol–water partition coefficient (Wildman–Crippen LogP) is 2.31. The Labute approximate surface area is 138 Å². The molecule has 0 aliphatic heterocycles. The van der Waals surface area contributed by atoms with Crippen LogP contribution in [0.1, 0.15) is 64.8 Å². The van der Waals surface area contributed by atoms with Gasteiger partial charge in [0.05, 0.1) is 11.3 Å². The number of ketones is 2. The van der Waals surface area contributed by atoms with Crippen molar-refractivity contribution in [2.24, 2.45) is 11.8 Å². The maximum atomic E-state index is 13.0. The van der Waals surface area contributed by atoms with Gasteiger partial charge in [0.25, 0.3) is 0 Å². The van der Waals surface area contributed by atoms with Crippen LogP contribution in [0.5, 0.6) is 0 Å². The summed E-state index contributed by atoms with van der Waals surface area (Å²) in [7, 11) is 0. The molecule has 0 bridgehead atoms. The summed E-state index contributed by atoms with van der Waals surface area (Å²) in [5, 5.41) is 9.23. The van der Waals surface area contributed by atoms with Crippen LogP contribution in [0.4, 0.5) is 0 Å². The maximum absolute atomic E-state index is 13.0. The van der Waals surface area contributed by atoms with Crippen LogP contribution < -0.4 is 5.43 Å². The van der Waals surface area contributed by atoms with E-state index in [1.54, 1.807) is 6.92 Å². The monoisotopic (exact) mass is 329 g/mol. The molecule has 1 aromatic rings. The molecule has 126 valence electrons. The lowest BCUT2D eigenvalue weighted by Crippen LogP contribution is -2.44. The summed E-state index contributed by atoms with van der Waals surface area (Å²) < 4.78 is 1.43. The van der Waals surface area contributed by atoms with Crippen LogP contribution in [0.2, 0.25) is 0 Å². The van der Waals surface area contributed by atoms with Gasteiger partial charge >= 0.3 is 5.97 Å². The summed E-state index contributed by atoms with van der Waals surface area (Å²) in [5.74, 6) is -3.02. The number of aromatic nitrogens is 1. The molecular formula is C18H19NO5. The van der Waals surface area contributed by atoms with E-state index in [9.17, 15) is 24.3 Å². The van der Waals surface area contributed by atoms with Crippen molar-refractivity contribution >= 4 is 17.5 Å². The number of carboxylic acids is 1. The average Bonchev–Trinajstić information content (AvgIpc) is 2.53. The fraction of sp³-hybridized carbons (Fsp3) is 0.444. The summed E-state index contributed by atoms with van der Waals surface area (Å²) in [4.78, 5) is 49.8. The number of nitrogens with zero attached hydrogens (tertiary/aromatic N) is 1. The van der Waals surface area contributed by atoms with Gasteiger partial charge in [-0.3, -0.25) is 14.4 Å². The molecule has 2 aliphatic rings. The zero-order valence-electron chi connectivity index (χ0n) is 13.9.